The van der Waals surface area contributed by atoms with Crippen molar-refractivity contribution in [3.63, 3.8) is 0 Å². The van der Waals surface area contributed by atoms with Gasteiger partial charge < -0.3 is 9.47 Å². The molecule has 0 saturated carbocycles. The summed E-state index contributed by atoms with van der Waals surface area (Å²) in [6.07, 6.45) is 8.69. The fraction of sp³-hybridized carbons (Fsp3) is 0.143. The van der Waals surface area contributed by atoms with E-state index in [0.29, 0.717) is 6.42 Å². The van der Waals surface area contributed by atoms with Gasteiger partial charge in [0.2, 0.25) is 0 Å². The maximum absolute atomic E-state index is 8.58. The number of allylic oxidation sites excluding steroid dienone is 2. The molecule has 0 radical (unpaired) electrons. The second kappa shape index (κ2) is 5.07. The van der Waals surface area contributed by atoms with Crippen LogP contribution in [0.25, 0.3) is 5.57 Å². The topological polar surface area (TPSA) is 66.0 Å². The molecular formula is C14H10N2O2. The van der Waals surface area contributed by atoms with Crippen molar-refractivity contribution in [1.29, 1.82) is 10.5 Å². The zero-order chi connectivity index (χ0) is 12.8. The molecule has 0 aromatic heterocycles. The third-order valence-corrected chi connectivity index (χ3v) is 2.67. The van der Waals surface area contributed by atoms with Crippen molar-refractivity contribution < 1.29 is 9.47 Å². The Morgan fingerprint density at radius 3 is 2.22 bits per heavy atom. The fourth-order valence-corrected chi connectivity index (χ4v) is 1.78. The zero-order valence-corrected chi connectivity index (χ0v) is 9.54. The lowest BCUT2D eigenvalue weighted by atomic mass is 9.96. The molecule has 1 aromatic carbocycles. The second-order valence-electron chi connectivity index (χ2n) is 3.76. The van der Waals surface area contributed by atoms with E-state index >= 15 is 0 Å². The third-order valence-electron chi connectivity index (χ3n) is 2.67. The smallest absolute Gasteiger partial charge is 0.298 e. The van der Waals surface area contributed by atoms with Crippen LogP contribution in [0.3, 0.4) is 0 Å². The second-order valence-corrected chi connectivity index (χ2v) is 3.76. The molecular weight excluding hydrogens is 228 g/mol. The van der Waals surface area contributed by atoms with Crippen molar-refractivity contribution in [2.24, 2.45) is 0 Å². The number of nitriles is 2. The SMILES string of the molecule is N#COC1(OC#N)C=CC(c2ccccc2)=CC1. The first-order valence-corrected chi connectivity index (χ1v) is 5.39. The van der Waals surface area contributed by atoms with Crippen molar-refractivity contribution in [3.8, 4) is 12.5 Å². The number of rotatable bonds is 3. The van der Waals surface area contributed by atoms with Crippen LogP contribution in [0.5, 0.6) is 0 Å². The van der Waals surface area contributed by atoms with Gasteiger partial charge in [-0.15, -0.1) is 0 Å². The van der Waals surface area contributed by atoms with E-state index in [4.69, 9.17) is 20.0 Å². The Morgan fingerprint density at radius 1 is 1.06 bits per heavy atom. The predicted octanol–water partition coefficient (Wildman–Crippen LogP) is 2.72. The minimum Gasteiger partial charge on any atom is -0.377 e. The van der Waals surface area contributed by atoms with Crippen LogP contribution in [0, 0.1) is 23.0 Å². The lowest BCUT2D eigenvalue weighted by Gasteiger charge is -2.25. The molecule has 0 bridgehead atoms. The van der Waals surface area contributed by atoms with Gasteiger partial charge >= 0.3 is 0 Å². The minimum atomic E-state index is -1.29. The Hall–Kier alpha value is -2.72. The molecule has 18 heavy (non-hydrogen) atoms. The molecule has 0 fully saturated rings. The number of benzene rings is 1. The van der Waals surface area contributed by atoms with Gasteiger partial charge in [-0.3, -0.25) is 0 Å². The first-order valence-electron chi connectivity index (χ1n) is 5.39. The average molecular weight is 238 g/mol. The summed E-state index contributed by atoms with van der Waals surface area (Å²) in [6, 6.07) is 9.81. The van der Waals surface area contributed by atoms with Crippen molar-refractivity contribution in [3.05, 3.63) is 54.1 Å². The van der Waals surface area contributed by atoms with Gasteiger partial charge in [-0.1, -0.05) is 42.5 Å². The van der Waals surface area contributed by atoms with Gasteiger partial charge in [-0.25, -0.2) is 0 Å². The summed E-state index contributed by atoms with van der Waals surface area (Å²) in [7, 11) is 0. The highest BCUT2D eigenvalue weighted by Gasteiger charge is 2.33. The molecule has 0 spiro atoms. The molecule has 1 aromatic rings. The highest BCUT2D eigenvalue weighted by molar-refractivity contribution is 5.75. The van der Waals surface area contributed by atoms with Crippen molar-refractivity contribution >= 4 is 5.57 Å². The molecule has 0 heterocycles. The fourth-order valence-electron chi connectivity index (χ4n) is 1.78. The van der Waals surface area contributed by atoms with Crippen LogP contribution in [-0.4, -0.2) is 5.79 Å². The van der Waals surface area contributed by atoms with E-state index < -0.39 is 5.79 Å². The first-order chi connectivity index (χ1) is 8.79. The van der Waals surface area contributed by atoms with Crippen molar-refractivity contribution in [2.45, 2.75) is 12.2 Å². The number of ether oxygens (including phenoxy) is 2. The summed E-state index contributed by atoms with van der Waals surface area (Å²) >= 11 is 0. The maximum atomic E-state index is 8.58. The first kappa shape index (κ1) is 11.8. The van der Waals surface area contributed by atoms with Crippen LogP contribution in [-0.2, 0) is 9.47 Å². The monoisotopic (exact) mass is 238 g/mol. The summed E-state index contributed by atoms with van der Waals surface area (Å²) in [5.41, 5.74) is 2.07. The maximum Gasteiger partial charge on any atom is 0.298 e. The summed E-state index contributed by atoms with van der Waals surface area (Å²) in [5.74, 6) is -1.29. The number of hydrogen-bond donors (Lipinski definition) is 0. The minimum absolute atomic E-state index is 0.314. The van der Waals surface area contributed by atoms with Gasteiger partial charge in [0.05, 0.1) is 0 Å². The van der Waals surface area contributed by atoms with Crippen LogP contribution in [0.1, 0.15) is 12.0 Å². The predicted molar refractivity (Wildman–Crippen MR) is 64.3 cm³/mol. The average Bonchev–Trinajstić information content (AvgIpc) is 2.41. The molecule has 0 atom stereocenters. The van der Waals surface area contributed by atoms with Crippen LogP contribution >= 0.6 is 0 Å². The highest BCUT2D eigenvalue weighted by atomic mass is 16.7. The van der Waals surface area contributed by atoms with E-state index in [9.17, 15) is 0 Å². The van der Waals surface area contributed by atoms with E-state index in [1.807, 2.05) is 36.4 Å². The number of nitrogens with zero attached hydrogens (tertiary/aromatic N) is 2. The van der Waals surface area contributed by atoms with Crippen LogP contribution in [0.4, 0.5) is 0 Å². The standard InChI is InChI=1S/C14H10N2O2/c15-10-17-14(18-11-16)8-6-13(7-9-14)12-4-2-1-3-5-12/h1-8H,9H2. The normalized spacial score (nSPS) is 16.0. The largest absolute Gasteiger partial charge is 0.377 e. The van der Waals surface area contributed by atoms with Gasteiger partial charge in [0.25, 0.3) is 18.3 Å². The lowest BCUT2D eigenvalue weighted by Crippen LogP contribution is -2.31. The molecule has 4 nitrogen and oxygen atoms in total. The summed E-state index contributed by atoms with van der Waals surface area (Å²) in [6.45, 7) is 0. The Kier molecular flexibility index (Phi) is 3.31. The molecule has 0 saturated heterocycles. The summed E-state index contributed by atoms with van der Waals surface area (Å²) in [5, 5.41) is 17.2. The van der Waals surface area contributed by atoms with Gasteiger partial charge in [-0.05, 0) is 11.1 Å². The molecule has 4 heteroatoms. The number of hydrogen-bond acceptors (Lipinski definition) is 4. The van der Waals surface area contributed by atoms with Gasteiger partial charge in [0.15, 0.2) is 0 Å². The van der Waals surface area contributed by atoms with Crippen LogP contribution in [0.2, 0.25) is 0 Å². The lowest BCUT2D eigenvalue weighted by molar-refractivity contribution is -0.115. The Labute approximate surface area is 105 Å². The molecule has 0 N–H and O–H groups in total. The Morgan fingerprint density at radius 2 is 1.72 bits per heavy atom. The van der Waals surface area contributed by atoms with E-state index in [1.54, 1.807) is 24.7 Å². The van der Waals surface area contributed by atoms with E-state index in [-0.39, 0.29) is 0 Å². The highest BCUT2D eigenvalue weighted by Crippen LogP contribution is 2.30. The Balaban J connectivity index is 2.21. The van der Waals surface area contributed by atoms with Crippen molar-refractivity contribution in [2.75, 3.05) is 0 Å². The van der Waals surface area contributed by atoms with Crippen LogP contribution < -0.4 is 0 Å². The van der Waals surface area contributed by atoms with E-state index in [2.05, 4.69) is 0 Å². The third kappa shape index (κ3) is 2.34. The molecule has 2 rings (SSSR count). The molecule has 1 aliphatic rings. The molecule has 88 valence electrons. The molecule has 0 amide bonds. The molecule has 1 aliphatic carbocycles. The van der Waals surface area contributed by atoms with Gasteiger partial charge in [0.1, 0.15) is 0 Å². The van der Waals surface area contributed by atoms with Crippen LogP contribution in [0.15, 0.2) is 48.6 Å². The zero-order valence-electron chi connectivity index (χ0n) is 9.54. The van der Waals surface area contributed by atoms with E-state index in [0.717, 1.165) is 11.1 Å². The quantitative estimate of drug-likeness (QED) is 0.599. The molecule has 0 unspecified atom stereocenters. The Bertz CT molecular complexity index is 546. The van der Waals surface area contributed by atoms with Gasteiger partial charge in [-0.2, -0.15) is 10.5 Å². The van der Waals surface area contributed by atoms with E-state index in [1.165, 1.54) is 0 Å². The van der Waals surface area contributed by atoms with Crippen molar-refractivity contribution in [1.82, 2.24) is 0 Å². The summed E-state index contributed by atoms with van der Waals surface area (Å²) in [4.78, 5) is 0. The van der Waals surface area contributed by atoms with Gasteiger partial charge in [0, 0.05) is 12.5 Å². The molecule has 0 aliphatic heterocycles. The summed E-state index contributed by atoms with van der Waals surface area (Å²) < 4.78 is 9.65.